The lowest BCUT2D eigenvalue weighted by molar-refractivity contribution is 0.595. The minimum atomic E-state index is -2.91. The van der Waals surface area contributed by atoms with E-state index in [1.807, 2.05) is 25.9 Å². The molecule has 1 heterocycles. The Labute approximate surface area is 108 Å². The van der Waals surface area contributed by atoms with Gasteiger partial charge in [0.2, 0.25) is 5.95 Å². The lowest BCUT2D eigenvalue weighted by Gasteiger charge is -2.16. The number of anilines is 2. The highest BCUT2D eigenvalue weighted by atomic mass is 32.2. The first-order valence-corrected chi connectivity index (χ1v) is 7.78. The van der Waals surface area contributed by atoms with Crippen LogP contribution in [0.5, 0.6) is 0 Å². The highest BCUT2D eigenvalue weighted by Crippen LogP contribution is 2.10. The maximum atomic E-state index is 11.1. The predicted molar refractivity (Wildman–Crippen MR) is 73.8 cm³/mol. The third-order valence-electron chi connectivity index (χ3n) is 2.36. The zero-order valence-electron chi connectivity index (χ0n) is 11.2. The molecule has 0 aliphatic carbocycles. The monoisotopic (exact) mass is 272 g/mol. The molecule has 0 radical (unpaired) electrons. The molecule has 0 aromatic carbocycles. The summed E-state index contributed by atoms with van der Waals surface area (Å²) in [6.45, 7) is 1.93. The smallest absolute Gasteiger partial charge is 0.226 e. The number of hydrogen-bond donors (Lipinski definition) is 1. The number of nitrogens with zero attached hydrogens (tertiary/aromatic N) is 3. The average molecular weight is 272 g/mol. The number of aromatic nitrogens is 2. The van der Waals surface area contributed by atoms with Crippen LogP contribution in [0, 0.1) is 0 Å². The van der Waals surface area contributed by atoms with Crippen molar-refractivity contribution in [1.29, 1.82) is 0 Å². The van der Waals surface area contributed by atoms with E-state index in [2.05, 4.69) is 15.3 Å². The molecule has 1 aromatic rings. The fraction of sp³-hybridized carbons (Fsp3) is 0.636. The molecule has 6 nitrogen and oxygen atoms in total. The highest BCUT2D eigenvalue weighted by Gasteiger charge is 2.09. The van der Waals surface area contributed by atoms with Crippen molar-refractivity contribution in [1.82, 2.24) is 9.97 Å². The van der Waals surface area contributed by atoms with Gasteiger partial charge in [-0.3, -0.25) is 0 Å². The molecule has 0 spiro atoms. The van der Waals surface area contributed by atoms with Gasteiger partial charge in [0.05, 0.1) is 5.75 Å². The maximum Gasteiger partial charge on any atom is 0.226 e. The Balaban J connectivity index is 2.59. The van der Waals surface area contributed by atoms with Gasteiger partial charge < -0.3 is 10.2 Å². The van der Waals surface area contributed by atoms with E-state index in [0.29, 0.717) is 18.2 Å². The summed E-state index contributed by atoms with van der Waals surface area (Å²) in [5.41, 5.74) is 0. The van der Waals surface area contributed by atoms with Crippen LogP contribution in [0.3, 0.4) is 0 Å². The third-order valence-corrected chi connectivity index (χ3v) is 3.34. The van der Waals surface area contributed by atoms with Crippen LogP contribution in [0.25, 0.3) is 0 Å². The Morgan fingerprint density at radius 1 is 1.44 bits per heavy atom. The zero-order chi connectivity index (χ0) is 13.8. The number of sulfone groups is 1. The molecule has 0 saturated heterocycles. The van der Waals surface area contributed by atoms with Gasteiger partial charge in [-0.25, -0.2) is 13.4 Å². The molecule has 7 heteroatoms. The summed E-state index contributed by atoms with van der Waals surface area (Å²) >= 11 is 0. The minimum Gasteiger partial charge on any atom is -0.367 e. The first-order chi connectivity index (χ1) is 8.28. The summed E-state index contributed by atoms with van der Waals surface area (Å²) in [5, 5.41) is 3.17. The Morgan fingerprint density at radius 3 is 2.67 bits per heavy atom. The second-order valence-electron chi connectivity index (χ2n) is 4.60. The van der Waals surface area contributed by atoms with Crippen LogP contribution in [0.4, 0.5) is 11.8 Å². The highest BCUT2D eigenvalue weighted by molar-refractivity contribution is 7.90. The first kappa shape index (κ1) is 14.7. The van der Waals surface area contributed by atoms with Gasteiger partial charge >= 0.3 is 0 Å². The summed E-state index contributed by atoms with van der Waals surface area (Å²) in [5.74, 6) is 1.50. The molecule has 1 unspecified atom stereocenters. The molecule has 0 amide bonds. The van der Waals surface area contributed by atoms with Crippen molar-refractivity contribution in [3.05, 3.63) is 12.3 Å². The topological polar surface area (TPSA) is 75.2 Å². The van der Waals surface area contributed by atoms with Crippen LogP contribution in [-0.4, -0.2) is 50.5 Å². The van der Waals surface area contributed by atoms with Gasteiger partial charge in [0.1, 0.15) is 15.7 Å². The van der Waals surface area contributed by atoms with Crippen molar-refractivity contribution in [2.24, 2.45) is 0 Å². The van der Waals surface area contributed by atoms with E-state index >= 15 is 0 Å². The van der Waals surface area contributed by atoms with E-state index in [0.717, 1.165) is 0 Å². The van der Waals surface area contributed by atoms with Gasteiger partial charge in [-0.2, -0.15) is 4.98 Å². The molecular weight excluding hydrogens is 252 g/mol. The summed E-state index contributed by atoms with van der Waals surface area (Å²) in [4.78, 5) is 10.2. The zero-order valence-corrected chi connectivity index (χ0v) is 12.0. The van der Waals surface area contributed by atoms with Gasteiger partial charge in [0.25, 0.3) is 0 Å². The average Bonchev–Trinajstić information content (AvgIpc) is 2.26. The second-order valence-corrected chi connectivity index (χ2v) is 6.86. The first-order valence-electron chi connectivity index (χ1n) is 5.72. The number of hydrogen-bond acceptors (Lipinski definition) is 6. The second kappa shape index (κ2) is 5.99. The van der Waals surface area contributed by atoms with Crippen molar-refractivity contribution in [3.8, 4) is 0 Å². The SMILES string of the molecule is CC(CCS(C)(=O)=O)Nc1ccnc(N(C)C)n1. The van der Waals surface area contributed by atoms with Crippen LogP contribution < -0.4 is 10.2 Å². The third kappa shape index (κ3) is 5.31. The molecule has 1 atom stereocenters. The van der Waals surface area contributed by atoms with E-state index in [1.54, 1.807) is 12.3 Å². The quantitative estimate of drug-likeness (QED) is 0.824. The van der Waals surface area contributed by atoms with Crippen LogP contribution in [0.2, 0.25) is 0 Å². The molecule has 1 aromatic heterocycles. The van der Waals surface area contributed by atoms with Gasteiger partial charge in [-0.05, 0) is 19.4 Å². The maximum absolute atomic E-state index is 11.1. The number of rotatable bonds is 6. The Bertz CT molecular complexity index is 488. The van der Waals surface area contributed by atoms with Crippen molar-refractivity contribution in [3.63, 3.8) is 0 Å². The summed E-state index contributed by atoms with van der Waals surface area (Å²) in [6, 6.07) is 1.81. The van der Waals surface area contributed by atoms with Crippen LogP contribution in [0.15, 0.2) is 12.3 Å². The Morgan fingerprint density at radius 2 is 2.11 bits per heavy atom. The Hall–Kier alpha value is -1.37. The molecule has 102 valence electrons. The van der Waals surface area contributed by atoms with E-state index in [4.69, 9.17) is 0 Å². The minimum absolute atomic E-state index is 0.0460. The normalized spacial score (nSPS) is 13.1. The summed E-state index contributed by atoms with van der Waals surface area (Å²) in [6.07, 6.45) is 3.47. The summed E-state index contributed by atoms with van der Waals surface area (Å²) in [7, 11) is 0.820. The van der Waals surface area contributed by atoms with Crippen molar-refractivity contribution >= 4 is 21.6 Å². The molecule has 0 saturated carbocycles. The van der Waals surface area contributed by atoms with E-state index in [9.17, 15) is 8.42 Å². The van der Waals surface area contributed by atoms with Crippen molar-refractivity contribution < 1.29 is 8.42 Å². The Kier molecular flexibility index (Phi) is 4.89. The number of nitrogens with one attached hydrogen (secondary N) is 1. The largest absolute Gasteiger partial charge is 0.367 e. The van der Waals surface area contributed by atoms with Crippen molar-refractivity contribution in [2.75, 3.05) is 36.3 Å². The lowest BCUT2D eigenvalue weighted by Crippen LogP contribution is -2.21. The van der Waals surface area contributed by atoms with Crippen LogP contribution >= 0.6 is 0 Å². The van der Waals surface area contributed by atoms with Gasteiger partial charge in [0.15, 0.2) is 0 Å². The van der Waals surface area contributed by atoms with E-state index < -0.39 is 9.84 Å². The molecule has 0 aliphatic heterocycles. The van der Waals surface area contributed by atoms with Crippen molar-refractivity contribution in [2.45, 2.75) is 19.4 Å². The van der Waals surface area contributed by atoms with E-state index in [-0.39, 0.29) is 11.8 Å². The van der Waals surface area contributed by atoms with Gasteiger partial charge in [-0.15, -0.1) is 0 Å². The molecule has 0 bridgehead atoms. The fourth-order valence-electron chi connectivity index (χ4n) is 1.36. The van der Waals surface area contributed by atoms with Gasteiger partial charge in [0, 0.05) is 32.6 Å². The van der Waals surface area contributed by atoms with Gasteiger partial charge in [-0.1, -0.05) is 0 Å². The van der Waals surface area contributed by atoms with Crippen LogP contribution in [0.1, 0.15) is 13.3 Å². The molecule has 0 aliphatic rings. The molecule has 18 heavy (non-hydrogen) atoms. The van der Waals surface area contributed by atoms with E-state index in [1.165, 1.54) is 6.26 Å². The summed E-state index contributed by atoms with van der Waals surface area (Å²) < 4.78 is 22.1. The lowest BCUT2D eigenvalue weighted by atomic mass is 10.2. The predicted octanol–water partition coefficient (Wildman–Crippen LogP) is 0.778. The molecular formula is C11H20N4O2S. The van der Waals surface area contributed by atoms with Crippen LogP contribution in [-0.2, 0) is 9.84 Å². The molecule has 0 fully saturated rings. The molecule has 1 N–H and O–H groups in total. The standard InChI is InChI=1S/C11H20N4O2S/c1-9(6-8-18(4,16)17)13-10-5-7-12-11(14-10)15(2)3/h5,7,9H,6,8H2,1-4H3,(H,12,13,14). The fourth-order valence-corrected chi connectivity index (χ4v) is 2.14. The molecule has 1 rings (SSSR count).